The van der Waals surface area contributed by atoms with Crippen molar-refractivity contribution in [1.29, 1.82) is 0 Å². The Morgan fingerprint density at radius 2 is 1.70 bits per heavy atom. The predicted molar refractivity (Wildman–Crippen MR) is 98.2 cm³/mol. The largest absolute Gasteiger partial charge is 0.418 e. The third-order valence-electron chi connectivity index (χ3n) is 4.06. The molecule has 2 aromatic carbocycles. The van der Waals surface area contributed by atoms with Crippen molar-refractivity contribution in [1.82, 2.24) is 4.98 Å². The molecule has 1 amide bonds. The minimum atomic E-state index is -4.52. The van der Waals surface area contributed by atoms with Gasteiger partial charge in [-0.05, 0) is 47.9 Å². The van der Waals surface area contributed by atoms with Gasteiger partial charge in [-0.25, -0.2) is 0 Å². The molecule has 0 bridgehead atoms. The molecule has 0 fully saturated rings. The van der Waals surface area contributed by atoms with E-state index in [1.54, 1.807) is 18.3 Å². The molecule has 1 aromatic heterocycles. The minimum absolute atomic E-state index is 0.0121. The number of hydrogen-bond acceptors (Lipinski definition) is 2. The molecule has 3 nitrogen and oxygen atoms in total. The zero-order valence-electron chi connectivity index (χ0n) is 14.5. The molecule has 0 aliphatic heterocycles. The number of benzene rings is 2. The Morgan fingerprint density at radius 1 is 1.00 bits per heavy atom. The highest BCUT2D eigenvalue weighted by atomic mass is 19.4. The van der Waals surface area contributed by atoms with E-state index in [2.05, 4.69) is 10.3 Å². The van der Waals surface area contributed by atoms with Gasteiger partial charge in [0, 0.05) is 11.9 Å². The maximum atomic E-state index is 13.0. The molecular formula is C21H17F3N2O. The first-order valence-corrected chi connectivity index (χ1v) is 8.31. The number of aromatic nitrogens is 1. The molecule has 138 valence electrons. The number of alkyl halides is 3. The standard InChI is InChI=1S/C21H17F3N2O/c1-14-12-17(10-11-25-14)16-8-6-15(7-9-16)13-20(27)26-19-5-3-2-4-18(19)21(22,23)24/h2-12H,13H2,1H3,(H,26,27). The fourth-order valence-electron chi connectivity index (χ4n) is 2.76. The number of pyridine rings is 1. The molecular weight excluding hydrogens is 353 g/mol. The fourth-order valence-corrected chi connectivity index (χ4v) is 2.76. The second-order valence-electron chi connectivity index (χ2n) is 6.15. The second-order valence-corrected chi connectivity index (χ2v) is 6.15. The van der Waals surface area contributed by atoms with Gasteiger partial charge >= 0.3 is 6.18 Å². The first-order valence-electron chi connectivity index (χ1n) is 8.31. The molecule has 0 radical (unpaired) electrons. The van der Waals surface area contributed by atoms with Crippen molar-refractivity contribution in [2.24, 2.45) is 0 Å². The van der Waals surface area contributed by atoms with Crippen LogP contribution in [0.15, 0.2) is 66.9 Å². The summed E-state index contributed by atoms with van der Waals surface area (Å²) in [6.07, 6.45) is -2.81. The SMILES string of the molecule is Cc1cc(-c2ccc(CC(=O)Nc3ccccc3C(F)(F)F)cc2)ccn1. The van der Waals surface area contributed by atoms with E-state index in [1.165, 1.54) is 18.2 Å². The smallest absolute Gasteiger partial charge is 0.325 e. The van der Waals surface area contributed by atoms with Crippen molar-refractivity contribution >= 4 is 11.6 Å². The average molecular weight is 370 g/mol. The molecule has 0 saturated heterocycles. The number of para-hydroxylation sites is 1. The van der Waals surface area contributed by atoms with Crippen LogP contribution in [0.1, 0.15) is 16.8 Å². The van der Waals surface area contributed by atoms with E-state index in [9.17, 15) is 18.0 Å². The number of carbonyl (C=O) groups is 1. The number of nitrogens with one attached hydrogen (secondary N) is 1. The number of rotatable bonds is 4. The van der Waals surface area contributed by atoms with E-state index >= 15 is 0 Å². The summed E-state index contributed by atoms with van der Waals surface area (Å²) in [5.74, 6) is -0.501. The number of carbonyl (C=O) groups excluding carboxylic acids is 1. The molecule has 0 atom stereocenters. The lowest BCUT2D eigenvalue weighted by atomic mass is 10.0. The van der Waals surface area contributed by atoms with Crippen molar-refractivity contribution in [2.45, 2.75) is 19.5 Å². The van der Waals surface area contributed by atoms with Crippen LogP contribution in [-0.4, -0.2) is 10.9 Å². The molecule has 1 N–H and O–H groups in total. The summed E-state index contributed by atoms with van der Waals surface area (Å²) in [5, 5.41) is 2.35. The highest BCUT2D eigenvalue weighted by Gasteiger charge is 2.33. The lowest BCUT2D eigenvalue weighted by Gasteiger charge is -2.13. The van der Waals surface area contributed by atoms with Crippen LogP contribution in [0, 0.1) is 6.92 Å². The van der Waals surface area contributed by atoms with Gasteiger partial charge in [-0.1, -0.05) is 36.4 Å². The van der Waals surface area contributed by atoms with Crippen LogP contribution in [0.4, 0.5) is 18.9 Å². The van der Waals surface area contributed by atoms with Crippen LogP contribution in [-0.2, 0) is 17.4 Å². The molecule has 0 spiro atoms. The van der Waals surface area contributed by atoms with Gasteiger partial charge in [0.2, 0.25) is 5.91 Å². The van der Waals surface area contributed by atoms with Gasteiger partial charge in [0.25, 0.3) is 0 Å². The number of hydrogen-bond donors (Lipinski definition) is 1. The Balaban J connectivity index is 1.70. The third-order valence-corrected chi connectivity index (χ3v) is 4.06. The first-order chi connectivity index (χ1) is 12.8. The summed E-state index contributed by atoms with van der Waals surface area (Å²) in [5.41, 5.74) is 2.51. The summed E-state index contributed by atoms with van der Waals surface area (Å²) in [4.78, 5) is 16.3. The molecule has 0 unspecified atom stereocenters. The van der Waals surface area contributed by atoms with Crippen LogP contribution in [0.3, 0.4) is 0 Å². The zero-order chi connectivity index (χ0) is 19.4. The summed E-state index contributed by atoms with van der Waals surface area (Å²) < 4.78 is 39.0. The van der Waals surface area contributed by atoms with Gasteiger partial charge < -0.3 is 5.32 Å². The van der Waals surface area contributed by atoms with Crippen LogP contribution >= 0.6 is 0 Å². The van der Waals surface area contributed by atoms with Crippen molar-refractivity contribution < 1.29 is 18.0 Å². The molecule has 6 heteroatoms. The van der Waals surface area contributed by atoms with Crippen LogP contribution in [0.25, 0.3) is 11.1 Å². The molecule has 3 rings (SSSR count). The molecule has 0 aliphatic carbocycles. The Bertz CT molecular complexity index is 950. The third kappa shape index (κ3) is 4.73. The monoisotopic (exact) mass is 370 g/mol. The van der Waals surface area contributed by atoms with E-state index in [0.717, 1.165) is 22.9 Å². The average Bonchev–Trinajstić information content (AvgIpc) is 2.62. The lowest BCUT2D eigenvalue weighted by molar-refractivity contribution is -0.137. The highest BCUT2D eigenvalue weighted by molar-refractivity contribution is 5.93. The maximum absolute atomic E-state index is 13.0. The number of aryl methyl sites for hydroxylation is 1. The fraction of sp³-hybridized carbons (Fsp3) is 0.143. The minimum Gasteiger partial charge on any atom is -0.325 e. The summed E-state index contributed by atoms with van der Waals surface area (Å²) >= 11 is 0. The summed E-state index contributed by atoms with van der Waals surface area (Å²) in [7, 11) is 0. The van der Waals surface area contributed by atoms with Gasteiger partial charge in [-0.3, -0.25) is 9.78 Å². The number of anilines is 1. The van der Waals surface area contributed by atoms with E-state index in [1.807, 2.05) is 31.2 Å². The van der Waals surface area contributed by atoms with E-state index in [-0.39, 0.29) is 12.1 Å². The van der Waals surface area contributed by atoms with Gasteiger partial charge in [0.1, 0.15) is 0 Å². The predicted octanol–water partition coefficient (Wildman–Crippen LogP) is 5.26. The number of nitrogens with zero attached hydrogens (tertiary/aromatic N) is 1. The van der Waals surface area contributed by atoms with Crippen molar-refractivity contribution in [3.63, 3.8) is 0 Å². The second kappa shape index (κ2) is 7.61. The van der Waals surface area contributed by atoms with Crippen molar-refractivity contribution in [2.75, 3.05) is 5.32 Å². The van der Waals surface area contributed by atoms with Crippen LogP contribution < -0.4 is 5.32 Å². The van der Waals surface area contributed by atoms with Crippen molar-refractivity contribution in [3.8, 4) is 11.1 Å². The first kappa shape index (κ1) is 18.6. The van der Waals surface area contributed by atoms with Crippen LogP contribution in [0.2, 0.25) is 0 Å². The lowest BCUT2D eigenvalue weighted by Crippen LogP contribution is -2.18. The van der Waals surface area contributed by atoms with Crippen LogP contribution in [0.5, 0.6) is 0 Å². The summed E-state index contributed by atoms with van der Waals surface area (Å²) in [6, 6.07) is 16.1. The molecule has 0 saturated carbocycles. The zero-order valence-corrected chi connectivity index (χ0v) is 14.5. The molecule has 1 heterocycles. The Hall–Kier alpha value is -3.15. The topological polar surface area (TPSA) is 42.0 Å². The normalized spacial score (nSPS) is 11.3. The maximum Gasteiger partial charge on any atom is 0.418 e. The Morgan fingerprint density at radius 3 is 2.37 bits per heavy atom. The molecule has 27 heavy (non-hydrogen) atoms. The van der Waals surface area contributed by atoms with Gasteiger partial charge in [0.05, 0.1) is 17.7 Å². The quantitative estimate of drug-likeness (QED) is 0.681. The highest BCUT2D eigenvalue weighted by Crippen LogP contribution is 2.34. The van der Waals surface area contributed by atoms with E-state index in [0.29, 0.717) is 5.56 Å². The van der Waals surface area contributed by atoms with E-state index < -0.39 is 17.6 Å². The van der Waals surface area contributed by atoms with Gasteiger partial charge in [-0.15, -0.1) is 0 Å². The van der Waals surface area contributed by atoms with E-state index in [4.69, 9.17) is 0 Å². The Labute approximate surface area is 154 Å². The number of halogens is 3. The Kier molecular flexibility index (Phi) is 5.26. The van der Waals surface area contributed by atoms with Gasteiger partial charge in [0.15, 0.2) is 0 Å². The van der Waals surface area contributed by atoms with Gasteiger partial charge in [-0.2, -0.15) is 13.2 Å². The number of amides is 1. The molecule has 3 aromatic rings. The van der Waals surface area contributed by atoms with Crippen molar-refractivity contribution in [3.05, 3.63) is 83.7 Å². The molecule has 0 aliphatic rings. The summed E-state index contributed by atoms with van der Waals surface area (Å²) in [6.45, 7) is 1.90.